The number of allylic oxidation sites excluding steroid dienone is 2. The Hall–Kier alpha value is -6.30. The molecular weight excluding hydrogens is 611 g/mol. The van der Waals surface area contributed by atoms with Gasteiger partial charge in [-0.3, -0.25) is 9.88 Å². The summed E-state index contributed by atoms with van der Waals surface area (Å²) in [4.78, 5) is 0. The van der Waals surface area contributed by atoms with E-state index < -0.39 is 0 Å². The molecule has 6 aromatic carbocycles. The molecule has 2 aliphatic rings. The van der Waals surface area contributed by atoms with Crippen LogP contribution in [0.15, 0.2) is 175 Å². The van der Waals surface area contributed by atoms with Crippen molar-refractivity contribution in [2.75, 3.05) is 6.54 Å². The Morgan fingerprint density at radius 1 is 0.520 bits per heavy atom. The van der Waals surface area contributed by atoms with Gasteiger partial charge in [0.05, 0.1) is 28.1 Å². The van der Waals surface area contributed by atoms with E-state index >= 15 is 0 Å². The van der Waals surface area contributed by atoms with Crippen LogP contribution in [0.3, 0.4) is 0 Å². The Morgan fingerprint density at radius 3 is 1.80 bits per heavy atom. The number of para-hydroxylation sites is 3. The van der Waals surface area contributed by atoms with Crippen molar-refractivity contribution >= 4 is 55.1 Å². The standard InChI is InChI=1S/C45H35N5/c1-4-14-30(15-5-1)38-27-39(31-16-6-2-7-17-31)48-45(47-38)32-24-25-44(46-29-32)50-41-23-13-11-21-35(41)37-26-36-34-20-10-12-22-40(34)49(42(36)28-43(37)50)33-18-8-3-9-19-33/h1-28,38,45-48H,29H2. The maximum atomic E-state index is 3.87. The van der Waals surface area contributed by atoms with Gasteiger partial charge in [0, 0.05) is 39.5 Å². The van der Waals surface area contributed by atoms with Gasteiger partial charge in [-0.1, -0.05) is 121 Å². The van der Waals surface area contributed by atoms with E-state index in [0.29, 0.717) is 6.54 Å². The number of dihydropyridines is 1. The van der Waals surface area contributed by atoms with Crippen molar-refractivity contribution < 1.29 is 0 Å². The third-order valence-electron chi connectivity index (χ3n) is 10.2. The van der Waals surface area contributed by atoms with Crippen LogP contribution >= 0.6 is 0 Å². The van der Waals surface area contributed by atoms with Crippen LogP contribution < -0.4 is 16.0 Å². The molecule has 10 rings (SSSR count). The fraction of sp³-hybridized carbons (Fsp3) is 0.0667. The van der Waals surface area contributed by atoms with Gasteiger partial charge in [0.15, 0.2) is 0 Å². The lowest BCUT2D eigenvalue weighted by Crippen LogP contribution is -2.49. The molecule has 0 aliphatic carbocycles. The number of benzene rings is 6. The molecule has 0 amide bonds. The lowest BCUT2D eigenvalue weighted by molar-refractivity contribution is 0.466. The van der Waals surface area contributed by atoms with Crippen LogP contribution in [0.1, 0.15) is 17.2 Å². The topological polar surface area (TPSA) is 46.0 Å². The Kier molecular flexibility index (Phi) is 6.71. The van der Waals surface area contributed by atoms with Gasteiger partial charge < -0.3 is 15.2 Å². The van der Waals surface area contributed by atoms with Crippen molar-refractivity contribution in [1.82, 2.24) is 25.1 Å². The molecule has 8 aromatic rings. The summed E-state index contributed by atoms with van der Waals surface area (Å²) in [5.74, 6) is 1.07. The van der Waals surface area contributed by atoms with Gasteiger partial charge in [-0.25, -0.2) is 0 Å². The van der Waals surface area contributed by atoms with Gasteiger partial charge in [-0.05, 0) is 65.3 Å². The number of fused-ring (bicyclic) bond motifs is 6. The zero-order valence-corrected chi connectivity index (χ0v) is 27.4. The summed E-state index contributed by atoms with van der Waals surface area (Å²) in [6.45, 7) is 0.709. The molecule has 2 unspecified atom stereocenters. The number of hydrogen-bond acceptors (Lipinski definition) is 3. The molecule has 5 heteroatoms. The number of hydrogen-bond donors (Lipinski definition) is 3. The van der Waals surface area contributed by atoms with Gasteiger partial charge in [0.25, 0.3) is 0 Å². The number of rotatable bonds is 5. The van der Waals surface area contributed by atoms with Gasteiger partial charge in [-0.15, -0.1) is 0 Å². The molecule has 4 heterocycles. The first-order chi connectivity index (χ1) is 24.8. The summed E-state index contributed by atoms with van der Waals surface area (Å²) >= 11 is 0. The van der Waals surface area contributed by atoms with Gasteiger partial charge in [-0.2, -0.15) is 0 Å². The van der Waals surface area contributed by atoms with Crippen molar-refractivity contribution in [3.63, 3.8) is 0 Å². The van der Waals surface area contributed by atoms with E-state index in [1.807, 2.05) is 0 Å². The molecule has 3 N–H and O–H groups in total. The number of nitrogens with one attached hydrogen (secondary N) is 3. The number of nitrogens with zero attached hydrogens (tertiary/aromatic N) is 2. The predicted octanol–water partition coefficient (Wildman–Crippen LogP) is 9.52. The highest BCUT2D eigenvalue weighted by Crippen LogP contribution is 2.39. The van der Waals surface area contributed by atoms with Crippen molar-refractivity contribution in [2.24, 2.45) is 0 Å². The van der Waals surface area contributed by atoms with E-state index in [4.69, 9.17) is 0 Å². The first-order valence-electron chi connectivity index (χ1n) is 17.3. The van der Waals surface area contributed by atoms with Crippen molar-refractivity contribution in [3.05, 3.63) is 187 Å². The first kappa shape index (κ1) is 28.7. The summed E-state index contributed by atoms with van der Waals surface area (Å²) in [7, 11) is 0. The molecule has 50 heavy (non-hydrogen) atoms. The minimum absolute atomic E-state index is 0.0370. The molecule has 0 bridgehead atoms. The normalized spacial score (nSPS) is 17.7. The molecule has 240 valence electrons. The fourth-order valence-electron chi connectivity index (χ4n) is 7.88. The maximum Gasteiger partial charge on any atom is 0.111 e. The third-order valence-corrected chi connectivity index (χ3v) is 10.2. The lowest BCUT2D eigenvalue weighted by Gasteiger charge is -2.35. The highest BCUT2D eigenvalue weighted by atomic mass is 15.2. The predicted molar refractivity (Wildman–Crippen MR) is 208 cm³/mol. The largest absolute Gasteiger partial charge is 0.367 e. The minimum atomic E-state index is -0.0370. The second-order valence-electron chi connectivity index (χ2n) is 13.2. The highest BCUT2D eigenvalue weighted by molar-refractivity contribution is 6.19. The van der Waals surface area contributed by atoms with E-state index in [2.05, 4.69) is 195 Å². The van der Waals surface area contributed by atoms with Gasteiger partial charge >= 0.3 is 0 Å². The second-order valence-corrected chi connectivity index (χ2v) is 13.2. The zero-order valence-electron chi connectivity index (χ0n) is 27.4. The quantitative estimate of drug-likeness (QED) is 0.175. The van der Waals surface area contributed by atoms with E-state index in [-0.39, 0.29) is 12.2 Å². The van der Waals surface area contributed by atoms with Crippen molar-refractivity contribution in [1.29, 1.82) is 0 Å². The summed E-state index contributed by atoms with van der Waals surface area (Å²) in [6, 6.07) is 54.4. The average molecular weight is 646 g/mol. The van der Waals surface area contributed by atoms with Gasteiger partial charge in [0.1, 0.15) is 12.0 Å². The average Bonchev–Trinajstić information content (AvgIpc) is 3.70. The van der Waals surface area contributed by atoms with Crippen LogP contribution in [0.25, 0.3) is 60.8 Å². The van der Waals surface area contributed by atoms with Crippen LogP contribution in [0.2, 0.25) is 0 Å². The summed E-state index contributed by atoms with van der Waals surface area (Å²) in [5.41, 5.74) is 10.8. The molecule has 0 radical (unpaired) electrons. The van der Waals surface area contributed by atoms with E-state index in [9.17, 15) is 0 Å². The zero-order chi connectivity index (χ0) is 33.0. The second kappa shape index (κ2) is 11.7. The van der Waals surface area contributed by atoms with Crippen molar-refractivity contribution in [3.8, 4) is 5.69 Å². The van der Waals surface area contributed by atoms with E-state index in [1.54, 1.807) is 0 Å². The molecule has 0 saturated carbocycles. The van der Waals surface area contributed by atoms with Crippen LogP contribution in [0.5, 0.6) is 0 Å². The molecular formula is C45H35N5. The summed E-state index contributed by atoms with van der Waals surface area (Å²) in [5, 5.41) is 16.5. The Balaban J connectivity index is 1.10. The lowest BCUT2D eigenvalue weighted by atomic mass is 9.98. The smallest absolute Gasteiger partial charge is 0.111 e. The van der Waals surface area contributed by atoms with Crippen molar-refractivity contribution in [2.45, 2.75) is 12.2 Å². The highest BCUT2D eigenvalue weighted by Gasteiger charge is 2.27. The van der Waals surface area contributed by atoms with Crippen LogP contribution in [-0.4, -0.2) is 21.8 Å². The Bertz CT molecular complexity index is 2640. The van der Waals surface area contributed by atoms with E-state index in [1.165, 1.54) is 60.3 Å². The summed E-state index contributed by atoms with van der Waals surface area (Å²) in [6.07, 6.45) is 6.78. The van der Waals surface area contributed by atoms with Gasteiger partial charge in [0.2, 0.25) is 0 Å². The SMILES string of the molecule is C1=C(c2ccccc2)NC(C2=CC=C(n3c4ccccc4c4cc5c6ccccc6n(-c6ccccc6)c5cc43)NC2)NC1c1ccccc1. The fourth-order valence-corrected chi connectivity index (χ4v) is 7.88. The number of aromatic nitrogens is 2. The molecule has 5 nitrogen and oxygen atoms in total. The molecule has 2 aromatic heterocycles. The summed E-state index contributed by atoms with van der Waals surface area (Å²) < 4.78 is 4.79. The minimum Gasteiger partial charge on any atom is -0.367 e. The maximum absolute atomic E-state index is 3.87. The Labute approximate surface area is 290 Å². The first-order valence-corrected chi connectivity index (χ1v) is 17.3. The molecule has 0 fully saturated rings. The van der Waals surface area contributed by atoms with Crippen LogP contribution in [0.4, 0.5) is 0 Å². The molecule has 2 aliphatic heterocycles. The molecule has 0 saturated heterocycles. The molecule has 2 atom stereocenters. The Morgan fingerprint density at radius 2 is 1.12 bits per heavy atom. The third kappa shape index (κ3) is 4.66. The van der Waals surface area contributed by atoms with E-state index in [0.717, 1.165) is 17.2 Å². The van der Waals surface area contributed by atoms with Crippen LogP contribution in [-0.2, 0) is 0 Å². The van der Waals surface area contributed by atoms with Crippen LogP contribution in [0, 0.1) is 0 Å². The molecule has 0 spiro atoms. The monoisotopic (exact) mass is 645 g/mol.